The Labute approximate surface area is 146 Å². The van der Waals surface area contributed by atoms with E-state index in [2.05, 4.69) is 29.5 Å². The van der Waals surface area contributed by atoms with Crippen LogP contribution in [0.15, 0.2) is 4.99 Å². The van der Waals surface area contributed by atoms with Crippen LogP contribution in [0.3, 0.4) is 0 Å². The molecule has 0 spiro atoms. The average Bonchev–Trinajstić information content (AvgIpc) is 2.86. The van der Waals surface area contributed by atoms with Crippen LogP contribution in [0.1, 0.15) is 52.4 Å². The lowest BCUT2D eigenvalue weighted by atomic mass is 9.82. The van der Waals surface area contributed by atoms with Crippen LogP contribution in [0.4, 0.5) is 0 Å². The van der Waals surface area contributed by atoms with Gasteiger partial charge in [-0.15, -0.1) is 24.0 Å². The molecule has 2 rings (SSSR count). The number of hydrogen-bond acceptors (Lipinski definition) is 2. The number of nitrogens with zero attached hydrogens (tertiary/aromatic N) is 1. The molecule has 3 atom stereocenters. The molecule has 1 aliphatic heterocycles. The number of ether oxygens (including phenoxy) is 1. The Morgan fingerprint density at radius 2 is 2.10 bits per heavy atom. The van der Waals surface area contributed by atoms with Gasteiger partial charge in [0.25, 0.3) is 0 Å². The molecule has 1 saturated carbocycles. The fourth-order valence-electron chi connectivity index (χ4n) is 3.45. The molecule has 1 saturated heterocycles. The Morgan fingerprint density at radius 1 is 1.29 bits per heavy atom. The van der Waals surface area contributed by atoms with E-state index in [0.717, 1.165) is 43.9 Å². The first kappa shape index (κ1) is 19.0. The summed E-state index contributed by atoms with van der Waals surface area (Å²) in [6.45, 7) is 7.33. The van der Waals surface area contributed by atoms with Gasteiger partial charge in [0, 0.05) is 26.7 Å². The highest BCUT2D eigenvalue weighted by Gasteiger charge is 2.29. The molecule has 0 amide bonds. The summed E-state index contributed by atoms with van der Waals surface area (Å²) in [4.78, 5) is 4.32. The molecule has 5 heteroatoms. The van der Waals surface area contributed by atoms with Crippen LogP contribution in [0.2, 0.25) is 0 Å². The van der Waals surface area contributed by atoms with E-state index in [0.29, 0.717) is 0 Å². The first-order valence-corrected chi connectivity index (χ1v) is 8.20. The third kappa shape index (κ3) is 6.30. The van der Waals surface area contributed by atoms with Gasteiger partial charge in [-0.1, -0.05) is 19.8 Å². The maximum absolute atomic E-state index is 5.80. The number of rotatable bonds is 4. The van der Waals surface area contributed by atoms with Crippen LogP contribution in [-0.2, 0) is 4.74 Å². The smallest absolute Gasteiger partial charge is 0.191 e. The highest BCUT2D eigenvalue weighted by molar-refractivity contribution is 14.0. The van der Waals surface area contributed by atoms with Crippen molar-refractivity contribution in [1.29, 1.82) is 0 Å². The summed E-state index contributed by atoms with van der Waals surface area (Å²) in [5.74, 6) is 2.60. The Balaban J connectivity index is 0.00000220. The van der Waals surface area contributed by atoms with Crippen LogP contribution < -0.4 is 10.6 Å². The van der Waals surface area contributed by atoms with Crippen molar-refractivity contribution in [2.24, 2.45) is 16.8 Å². The predicted octanol–water partition coefficient (Wildman–Crippen LogP) is 3.16. The molecule has 2 aliphatic rings. The van der Waals surface area contributed by atoms with E-state index in [4.69, 9.17) is 4.74 Å². The highest BCUT2D eigenvalue weighted by atomic mass is 127. The van der Waals surface area contributed by atoms with Crippen molar-refractivity contribution in [2.45, 2.75) is 58.0 Å². The van der Waals surface area contributed by atoms with E-state index in [1.54, 1.807) is 0 Å². The first-order chi connectivity index (χ1) is 9.61. The minimum absolute atomic E-state index is 0. The summed E-state index contributed by atoms with van der Waals surface area (Å²) in [6.07, 6.45) is 7.80. The molecule has 0 aromatic rings. The zero-order valence-corrected chi connectivity index (χ0v) is 16.1. The number of aliphatic imine (C=N–C) groups is 1. The summed E-state index contributed by atoms with van der Waals surface area (Å²) in [5.41, 5.74) is -0.0169. The minimum atomic E-state index is -0.0169. The molecule has 1 aliphatic carbocycles. The maximum Gasteiger partial charge on any atom is 0.191 e. The van der Waals surface area contributed by atoms with E-state index < -0.39 is 0 Å². The summed E-state index contributed by atoms with van der Waals surface area (Å²) in [7, 11) is 1.84. The van der Waals surface area contributed by atoms with Crippen LogP contribution in [-0.4, -0.2) is 38.3 Å². The second kappa shape index (κ2) is 9.18. The fourth-order valence-corrected chi connectivity index (χ4v) is 3.45. The summed E-state index contributed by atoms with van der Waals surface area (Å²) < 4.78 is 5.80. The highest BCUT2D eigenvalue weighted by Crippen LogP contribution is 2.28. The van der Waals surface area contributed by atoms with Gasteiger partial charge in [-0.3, -0.25) is 4.99 Å². The van der Waals surface area contributed by atoms with Crippen molar-refractivity contribution in [2.75, 3.05) is 26.7 Å². The van der Waals surface area contributed by atoms with Crippen molar-refractivity contribution >= 4 is 29.9 Å². The van der Waals surface area contributed by atoms with Crippen molar-refractivity contribution in [3.63, 3.8) is 0 Å². The lowest BCUT2D eigenvalue weighted by Gasteiger charge is -2.28. The molecule has 1 heterocycles. The normalized spacial score (nSPS) is 33.4. The Morgan fingerprint density at radius 3 is 2.71 bits per heavy atom. The second-order valence-electron chi connectivity index (χ2n) is 6.85. The predicted molar refractivity (Wildman–Crippen MR) is 99.5 cm³/mol. The van der Waals surface area contributed by atoms with Crippen molar-refractivity contribution in [1.82, 2.24) is 10.6 Å². The van der Waals surface area contributed by atoms with Crippen molar-refractivity contribution in [3.05, 3.63) is 0 Å². The molecule has 124 valence electrons. The lowest BCUT2D eigenvalue weighted by Crippen LogP contribution is -2.46. The summed E-state index contributed by atoms with van der Waals surface area (Å²) >= 11 is 0. The largest absolute Gasteiger partial charge is 0.373 e. The fraction of sp³-hybridized carbons (Fsp3) is 0.938. The van der Waals surface area contributed by atoms with Gasteiger partial charge in [-0.25, -0.2) is 0 Å². The van der Waals surface area contributed by atoms with E-state index in [-0.39, 0.29) is 29.6 Å². The molecule has 4 nitrogen and oxygen atoms in total. The van der Waals surface area contributed by atoms with E-state index >= 15 is 0 Å². The van der Waals surface area contributed by atoms with E-state index in [9.17, 15) is 0 Å². The molecule has 0 bridgehead atoms. The zero-order chi connectivity index (χ0) is 14.4. The van der Waals surface area contributed by atoms with Gasteiger partial charge >= 0.3 is 0 Å². The third-order valence-corrected chi connectivity index (χ3v) is 4.76. The van der Waals surface area contributed by atoms with E-state index in [1.165, 1.54) is 32.1 Å². The van der Waals surface area contributed by atoms with Gasteiger partial charge in [-0.2, -0.15) is 0 Å². The lowest BCUT2D eigenvalue weighted by molar-refractivity contribution is 0.0242. The molecule has 2 N–H and O–H groups in total. The number of nitrogens with one attached hydrogen (secondary N) is 2. The minimum Gasteiger partial charge on any atom is -0.373 e. The quantitative estimate of drug-likeness (QED) is 0.426. The Bertz CT molecular complexity index is 329. The molecule has 21 heavy (non-hydrogen) atoms. The van der Waals surface area contributed by atoms with Gasteiger partial charge in [-0.05, 0) is 44.4 Å². The van der Waals surface area contributed by atoms with Gasteiger partial charge in [0.05, 0.1) is 5.60 Å². The monoisotopic (exact) mass is 409 g/mol. The molecular formula is C16H32IN3O. The second-order valence-corrected chi connectivity index (χ2v) is 6.85. The van der Waals surface area contributed by atoms with Crippen molar-refractivity contribution in [3.8, 4) is 0 Å². The van der Waals surface area contributed by atoms with Crippen LogP contribution in [0.5, 0.6) is 0 Å². The Kier molecular flexibility index (Phi) is 8.31. The molecule has 0 aromatic carbocycles. The number of hydrogen-bond donors (Lipinski definition) is 2. The van der Waals surface area contributed by atoms with Crippen LogP contribution in [0, 0.1) is 11.8 Å². The van der Waals surface area contributed by atoms with Crippen LogP contribution in [0.25, 0.3) is 0 Å². The summed E-state index contributed by atoms with van der Waals surface area (Å²) in [6, 6.07) is 0. The molecule has 3 unspecified atom stereocenters. The Hall–Kier alpha value is -0.0400. The maximum atomic E-state index is 5.80. The van der Waals surface area contributed by atoms with Gasteiger partial charge in [0.2, 0.25) is 0 Å². The van der Waals surface area contributed by atoms with Gasteiger partial charge in [0.1, 0.15) is 0 Å². The van der Waals surface area contributed by atoms with Gasteiger partial charge in [0.15, 0.2) is 5.96 Å². The first-order valence-electron chi connectivity index (χ1n) is 8.20. The molecule has 0 radical (unpaired) electrons. The topological polar surface area (TPSA) is 45.7 Å². The third-order valence-electron chi connectivity index (χ3n) is 4.76. The van der Waals surface area contributed by atoms with E-state index in [1.807, 2.05) is 7.05 Å². The average molecular weight is 409 g/mol. The molecular weight excluding hydrogens is 377 g/mol. The molecule has 2 fully saturated rings. The SMILES string of the molecule is CN=C(NCC1CCCC(C)C1)NCC1(C)CCCO1.I. The number of halogens is 1. The van der Waals surface area contributed by atoms with Crippen LogP contribution >= 0.6 is 24.0 Å². The number of guanidine groups is 1. The molecule has 0 aromatic heterocycles. The van der Waals surface area contributed by atoms with Crippen molar-refractivity contribution < 1.29 is 4.74 Å². The van der Waals surface area contributed by atoms with Gasteiger partial charge < -0.3 is 15.4 Å². The standard InChI is InChI=1S/C16H31N3O.HI/c1-13-6-4-7-14(10-13)11-18-15(17-3)19-12-16(2)8-5-9-20-16;/h13-14H,4-12H2,1-3H3,(H2,17,18,19);1H. The summed E-state index contributed by atoms with van der Waals surface area (Å²) in [5, 5.41) is 6.90. The zero-order valence-electron chi connectivity index (χ0n) is 13.8.